The predicted octanol–water partition coefficient (Wildman–Crippen LogP) is 1.95. The molecule has 1 aliphatic rings. The largest absolute Gasteiger partial charge is 0.508 e. The lowest BCUT2D eigenvalue weighted by atomic mass is 10.1. The quantitative estimate of drug-likeness (QED) is 0.860. The summed E-state index contributed by atoms with van der Waals surface area (Å²) in [6.45, 7) is -0.216. The van der Waals surface area contributed by atoms with E-state index in [9.17, 15) is 22.2 Å². The van der Waals surface area contributed by atoms with Gasteiger partial charge in [-0.2, -0.15) is 8.42 Å². The molecule has 1 saturated heterocycles. The van der Waals surface area contributed by atoms with Gasteiger partial charge in [0.2, 0.25) is 5.91 Å². The van der Waals surface area contributed by atoms with Gasteiger partial charge >= 0.3 is 10.2 Å². The van der Waals surface area contributed by atoms with E-state index in [1.54, 1.807) is 18.2 Å². The number of benzene rings is 2. The molecule has 1 N–H and O–H groups in total. The summed E-state index contributed by atoms with van der Waals surface area (Å²) in [5.74, 6) is -0.409. The lowest BCUT2D eigenvalue weighted by molar-refractivity contribution is -0.117. The van der Waals surface area contributed by atoms with Crippen LogP contribution in [0.25, 0.3) is 10.8 Å². The standard InChI is InChI=1S/C14H12FNO4S/c15-21(19,20)11-7-14(18)16(8-11)13-3-1-2-9-4-5-10(17)6-12(9)13/h1-6,11,17H,7-8H2. The van der Waals surface area contributed by atoms with Crippen molar-refractivity contribution < 1.29 is 22.2 Å². The van der Waals surface area contributed by atoms with Crippen molar-refractivity contribution in [2.24, 2.45) is 0 Å². The average Bonchev–Trinajstić information content (AvgIpc) is 2.80. The molecule has 0 saturated carbocycles. The Morgan fingerprint density at radius 2 is 2.00 bits per heavy atom. The van der Waals surface area contributed by atoms with Crippen LogP contribution < -0.4 is 4.90 Å². The molecule has 2 aromatic carbocycles. The molecule has 0 spiro atoms. The molecule has 0 aliphatic carbocycles. The number of amides is 1. The lowest BCUT2D eigenvalue weighted by Gasteiger charge is -2.18. The van der Waals surface area contributed by atoms with Crippen molar-refractivity contribution in [1.29, 1.82) is 0 Å². The second kappa shape index (κ2) is 4.70. The molecule has 3 rings (SSSR count). The number of carbonyl (C=O) groups excluding carboxylic acids is 1. The Morgan fingerprint density at radius 1 is 1.24 bits per heavy atom. The summed E-state index contributed by atoms with van der Waals surface area (Å²) >= 11 is 0. The smallest absolute Gasteiger partial charge is 0.307 e. The van der Waals surface area contributed by atoms with Gasteiger partial charge in [-0.3, -0.25) is 4.79 Å². The first kappa shape index (κ1) is 13.8. The Bertz CT molecular complexity index is 834. The Kier molecular flexibility index (Phi) is 3.09. The number of phenols is 1. The molecule has 1 heterocycles. The van der Waals surface area contributed by atoms with Crippen LogP contribution in [-0.2, 0) is 15.0 Å². The SMILES string of the molecule is O=C1CC(S(=O)(=O)F)CN1c1cccc2ccc(O)cc12. The lowest BCUT2D eigenvalue weighted by Crippen LogP contribution is -2.27. The van der Waals surface area contributed by atoms with Crippen LogP contribution in [0.5, 0.6) is 5.75 Å². The number of rotatable bonds is 2. The first-order valence-corrected chi connectivity index (χ1v) is 7.76. The van der Waals surface area contributed by atoms with Crippen molar-refractivity contribution in [2.45, 2.75) is 11.7 Å². The number of hydrogen-bond donors (Lipinski definition) is 1. The molecule has 0 radical (unpaired) electrons. The molecule has 1 aliphatic heterocycles. The molecule has 1 amide bonds. The van der Waals surface area contributed by atoms with E-state index in [1.807, 2.05) is 6.07 Å². The van der Waals surface area contributed by atoms with Gasteiger partial charge in [-0.25, -0.2) is 0 Å². The van der Waals surface area contributed by atoms with Gasteiger partial charge in [-0.05, 0) is 23.6 Å². The van der Waals surface area contributed by atoms with Crippen molar-refractivity contribution in [3.63, 3.8) is 0 Å². The van der Waals surface area contributed by atoms with Gasteiger partial charge in [0.15, 0.2) is 0 Å². The molecule has 1 fully saturated rings. The number of hydrogen-bond acceptors (Lipinski definition) is 4. The fraction of sp³-hybridized carbons (Fsp3) is 0.214. The second-order valence-electron chi connectivity index (χ2n) is 4.99. The summed E-state index contributed by atoms with van der Waals surface area (Å²) in [7, 11) is -4.75. The predicted molar refractivity (Wildman–Crippen MR) is 76.4 cm³/mol. The maximum atomic E-state index is 13.1. The fourth-order valence-corrected chi connectivity index (χ4v) is 3.24. The zero-order valence-electron chi connectivity index (χ0n) is 10.9. The highest BCUT2D eigenvalue weighted by molar-refractivity contribution is 7.87. The summed E-state index contributed by atoms with van der Waals surface area (Å²) < 4.78 is 35.1. The minimum absolute atomic E-state index is 0.0382. The van der Waals surface area contributed by atoms with E-state index in [-0.39, 0.29) is 18.7 Å². The molecule has 1 unspecified atom stereocenters. The van der Waals surface area contributed by atoms with E-state index in [2.05, 4.69) is 0 Å². The Balaban J connectivity index is 2.09. The molecule has 0 aromatic heterocycles. The molecule has 0 bridgehead atoms. The normalized spacial score (nSPS) is 19.4. The van der Waals surface area contributed by atoms with Crippen LogP contribution in [0.2, 0.25) is 0 Å². The number of halogens is 1. The van der Waals surface area contributed by atoms with Gasteiger partial charge < -0.3 is 10.0 Å². The average molecular weight is 309 g/mol. The number of carbonyl (C=O) groups is 1. The van der Waals surface area contributed by atoms with E-state index in [4.69, 9.17) is 0 Å². The highest BCUT2D eigenvalue weighted by atomic mass is 32.3. The molecule has 5 nitrogen and oxygen atoms in total. The van der Waals surface area contributed by atoms with Crippen molar-refractivity contribution in [3.8, 4) is 5.75 Å². The Labute approximate surface area is 120 Å². The highest BCUT2D eigenvalue weighted by Gasteiger charge is 2.39. The van der Waals surface area contributed by atoms with Crippen molar-refractivity contribution >= 4 is 32.6 Å². The minimum atomic E-state index is -4.75. The van der Waals surface area contributed by atoms with E-state index >= 15 is 0 Å². The topological polar surface area (TPSA) is 74.7 Å². The number of fused-ring (bicyclic) bond motifs is 1. The maximum Gasteiger partial charge on any atom is 0.307 e. The number of phenolic OH excluding ortho intramolecular Hbond substituents is 1. The monoisotopic (exact) mass is 309 g/mol. The van der Waals surface area contributed by atoms with Gasteiger partial charge in [0.1, 0.15) is 11.0 Å². The van der Waals surface area contributed by atoms with Crippen LogP contribution >= 0.6 is 0 Å². The van der Waals surface area contributed by atoms with Crippen molar-refractivity contribution in [2.75, 3.05) is 11.4 Å². The van der Waals surface area contributed by atoms with Crippen molar-refractivity contribution in [3.05, 3.63) is 36.4 Å². The second-order valence-corrected chi connectivity index (χ2v) is 6.61. The Morgan fingerprint density at radius 3 is 2.67 bits per heavy atom. The summed E-state index contributed by atoms with van der Waals surface area (Å²) in [4.78, 5) is 13.2. The first-order valence-electron chi connectivity index (χ1n) is 6.32. The molecule has 2 aromatic rings. The van der Waals surface area contributed by atoms with Crippen LogP contribution in [0.4, 0.5) is 9.57 Å². The van der Waals surface area contributed by atoms with E-state index in [0.29, 0.717) is 11.1 Å². The third kappa shape index (κ3) is 2.44. The fourth-order valence-electron chi connectivity index (χ4n) is 2.58. The number of anilines is 1. The van der Waals surface area contributed by atoms with Gasteiger partial charge in [0, 0.05) is 18.4 Å². The third-order valence-corrected chi connectivity index (χ3v) is 4.73. The molecular formula is C14H12FNO4S. The molecular weight excluding hydrogens is 297 g/mol. The molecule has 110 valence electrons. The number of nitrogens with zero attached hydrogens (tertiary/aromatic N) is 1. The number of aromatic hydroxyl groups is 1. The van der Waals surface area contributed by atoms with E-state index in [1.165, 1.54) is 17.0 Å². The maximum absolute atomic E-state index is 13.1. The molecule has 21 heavy (non-hydrogen) atoms. The summed E-state index contributed by atoms with van der Waals surface area (Å²) in [5, 5.41) is 9.66. The Hall–Kier alpha value is -2.15. The van der Waals surface area contributed by atoms with Gasteiger partial charge in [0.05, 0.1) is 5.69 Å². The summed E-state index contributed by atoms with van der Waals surface area (Å²) in [5.41, 5.74) is 0.472. The van der Waals surface area contributed by atoms with Crippen LogP contribution in [0.3, 0.4) is 0 Å². The molecule has 7 heteroatoms. The van der Waals surface area contributed by atoms with Crippen LogP contribution in [0.15, 0.2) is 36.4 Å². The minimum Gasteiger partial charge on any atom is -0.508 e. The zero-order valence-corrected chi connectivity index (χ0v) is 11.7. The first-order chi connectivity index (χ1) is 9.86. The van der Waals surface area contributed by atoms with Crippen molar-refractivity contribution in [1.82, 2.24) is 0 Å². The third-order valence-electron chi connectivity index (χ3n) is 3.62. The molecule has 1 atom stereocenters. The van der Waals surface area contributed by atoms with E-state index in [0.717, 1.165) is 5.39 Å². The highest BCUT2D eigenvalue weighted by Crippen LogP contribution is 2.33. The van der Waals surface area contributed by atoms with Crippen LogP contribution in [0, 0.1) is 0 Å². The van der Waals surface area contributed by atoms with Gasteiger partial charge in [0.25, 0.3) is 0 Å². The van der Waals surface area contributed by atoms with Crippen LogP contribution in [-0.4, -0.2) is 31.2 Å². The summed E-state index contributed by atoms with van der Waals surface area (Å²) in [6, 6.07) is 9.88. The van der Waals surface area contributed by atoms with Gasteiger partial charge in [-0.15, -0.1) is 3.89 Å². The zero-order chi connectivity index (χ0) is 15.2. The van der Waals surface area contributed by atoms with Gasteiger partial charge in [-0.1, -0.05) is 18.2 Å². The van der Waals surface area contributed by atoms with E-state index < -0.39 is 21.4 Å². The summed E-state index contributed by atoms with van der Waals surface area (Å²) in [6.07, 6.45) is -0.367. The van der Waals surface area contributed by atoms with Crippen LogP contribution in [0.1, 0.15) is 6.42 Å².